The van der Waals surface area contributed by atoms with Crippen LogP contribution in [0.1, 0.15) is 12.5 Å². The lowest BCUT2D eigenvalue weighted by Crippen LogP contribution is -2.51. The number of amides is 1. The Bertz CT molecular complexity index is 361. The van der Waals surface area contributed by atoms with Gasteiger partial charge in [-0.25, -0.2) is 0 Å². The molecule has 0 aliphatic rings. The highest BCUT2D eigenvalue weighted by Crippen LogP contribution is 2.16. The smallest absolute Gasteiger partial charge is 0.237 e. The molecule has 4 nitrogen and oxygen atoms in total. The first kappa shape index (κ1) is 11.5. The predicted molar refractivity (Wildman–Crippen MR) is 58.5 cm³/mol. The molecule has 1 amide bonds. The van der Waals surface area contributed by atoms with Gasteiger partial charge in [-0.2, -0.15) is 0 Å². The van der Waals surface area contributed by atoms with Gasteiger partial charge in [0, 0.05) is 0 Å². The number of rotatable bonds is 4. The summed E-state index contributed by atoms with van der Waals surface area (Å²) in [6, 6.07) is 7.41. The summed E-state index contributed by atoms with van der Waals surface area (Å²) in [4.78, 5) is 11.0. The summed E-state index contributed by atoms with van der Waals surface area (Å²) in [6.07, 6.45) is 0.402. The summed E-state index contributed by atoms with van der Waals surface area (Å²) in [6.45, 7) is 1.62. The second-order valence-electron chi connectivity index (χ2n) is 3.81. The SMILES string of the molecule is COc1cccc(C[C@@](C)(N)C(N)=O)c1. The van der Waals surface area contributed by atoms with Crippen molar-refractivity contribution in [1.29, 1.82) is 0 Å². The summed E-state index contributed by atoms with van der Waals surface area (Å²) >= 11 is 0. The summed E-state index contributed by atoms with van der Waals surface area (Å²) in [5.41, 5.74) is 10.9. The van der Waals surface area contributed by atoms with Gasteiger partial charge in [0.15, 0.2) is 0 Å². The van der Waals surface area contributed by atoms with Crippen LogP contribution < -0.4 is 16.2 Å². The molecule has 0 heterocycles. The van der Waals surface area contributed by atoms with E-state index in [1.807, 2.05) is 24.3 Å². The van der Waals surface area contributed by atoms with Gasteiger partial charge in [0.25, 0.3) is 0 Å². The standard InChI is InChI=1S/C11H16N2O2/c1-11(13,10(12)14)7-8-4-3-5-9(6-8)15-2/h3-6H,7,13H2,1-2H3,(H2,12,14)/t11-/m1/s1. The molecule has 1 rings (SSSR count). The second kappa shape index (κ2) is 4.31. The first-order valence-corrected chi connectivity index (χ1v) is 4.67. The normalized spacial score (nSPS) is 14.3. The number of ether oxygens (including phenoxy) is 1. The number of hydrogen-bond donors (Lipinski definition) is 2. The van der Waals surface area contributed by atoms with E-state index in [-0.39, 0.29) is 0 Å². The minimum absolute atomic E-state index is 0.402. The molecule has 1 atom stereocenters. The zero-order valence-corrected chi connectivity index (χ0v) is 8.99. The average molecular weight is 208 g/mol. The van der Waals surface area contributed by atoms with Crippen LogP contribution in [0.3, 0.4) is 0 Å². The maximum absolute atomic E-state index is 11.0. The molecule has 1 aromatic carbocycles. The Kier molecular flexibility index (Phi) is 3.31. The first-order chi connectivity index (χ1) is 6.95. The molecule has 0 aliphatic heterocycles. The Labute approximate surface area is 89.2 Å². The molecule has 0 radical (unpaired) electrons. The number of hydrogen-bond acceptors (Lipinski definition) is 3. The third-order valence-corrected chi connectivity index (χ3v) is 2.27. The van der Waals surface area contributed by atoms with E-state index in [2.05, 4.69) is 0 Å². The van der Waals surface area contributed by atoms with E-state index >= 15 is 0 Å². The Morgan fingerprint density at radius 2 is 2.20 bits per heavy atom. The maximum atomic E-state index is 11.0. The van der Waals surface area contributed by atoms with E-state index in [0.717, 1.165) is 11.3 Å². The van der Waals surface area contributed by atoms with Crippen molar-refractivity contribution in [1.82, 2.24) is 0 Å². The molecule has 0 unspecified atom stereocenters. The monoisotopic (exact) mass is 208 g/mol. The number of benzene rings is 1. The molecule has 0 saturated carbocycles. The van der Waals surface area contributed by atoms with Gasteiger partial charge in [-0.15, -0.1) is 0 Å². The van der Waals surface area contributed by atoms with Gasteiger partial charge in [-0.1, -0.05) is 12.1 Å². The topological polar surface area (TPSA) is 78.3 Å². The van der Waals surface area contributed by atoms with Gasteiger partial charge >= 0.3 is 0 Å². The number of primary amides is 1. The molecule has 4 N–H and O–H groups in total. The van der Waals surface area contributed by atoms with Crippen LogP contribution in [-0.4, -0.2) is 18.6 Å². The molecular weight excluding hydrogens is 192 g/mol. The van der Waals surface area contributed by atoms with Crippen molar-refractivity contribution in [3.63, 3.8) is 0 Å². The molecule has 0 spiro atoms. The largest absolute Gasteiger partial charge is 0.497 e. The van der Waals surface area contributed by atoms with Gasteiger partial charge in [-0.05, 0) is 31.0 Å². The Morgan fingerprint density at radius 1 is 1.53 bits per heavy atom. The fraction of sp³-hybridized carbons (Fsp3) is 0.364. The van der Waals surface area contributed by atoms with Crippen LogP contribution in [0.4, 0.5) is 0 Å². The van der Waals surface area contributed by atoms with Crippen LogP contribution in [0.15, 0.2) is 24.3 Å². The van der Waals surface area contributed by atoms with Crippen LogP contribution >= 0.6 is 0 Å². The molecule has 15 heavy (non-hydrogen) atoms. The van der Waals surface area contributed by atoms with Gasteiger partial charge in [0.05, 0.1) is 12.6 Å². The highest BCUT2D eigenvalue weighted by molar-refractivity contribution is 5.84. The lowest BCUT2D eigenvalue weighted by atomic mass is 9.93. The van der Waals surface area contributed by atoms with E-state index in [4.69, 9.17) is 16.2 Å². The van der Waals surface area contributed by atoms with Crippen LogP contribution in [0.5, 0.6) is 5.75 Å². The van der Waals surface area contributed by atoms with Gasteiger partial charge in [0.1, 0.15) is 5.75 Å². The third-order valence-electron chi connectivity index (χ3n) is 2.27. The second-order valence-corrected chi connectivity index (χ2v) is 3.81. The lowest BCUT2D eigenvalue weighted by molar-refractivity contribution is -0.122. The van der Waals surface area contributed by atoms with Gasteiger partial charge < -0.3 is 16.2 Å². The van der Waals surface area contributed by atoms with E-state index in [1.54, 1.807) is 14.0 Å². The molecule has 4 heteroatoms. The van der Waals surface area contributed by atoms with Crippen molar-refractivity contribution in [3.8, 4) is 5.75 Å². The molecule has 1 aromatic rings. The zero-order chi connectivity index (χ0) is 11.5. The van der Waals surface area contributed by atoms with Crippen molar-refractivity contribution >= 4 is 5.91 Å². The van der Waals surface area contributed by atoms with Gasteiger partial charge in [0.2, 0.25) is 5.91 Å². The van der Waals surface area contributed by atoms with Crippen LogP contribution in [0, 0.1) is 0 Å². The van der Waals surface area contributed by atoms with Crippen molar-refractivity contribution in [2.75, 3.05) is 7.11 Å². The van der Waals surface area contributed by atoms with E-state index in [9.17, 15) is 4.79 Å². The molecule has 0 bridgehead atoms. The molecule has 0 fully saturated rings. The van der Waals surface area contributed by atoms with Crippen molar-refractivity contribution < 1.29 is 9.53 Å². The maximum Gasteiger partial charge on any atom is 0.237 e. The highest BCUT2D eigenvalue weighted by atomic mass is 16.5. The fourth-order valence-electron chi connectivity index (χ4n) is 1.29. The number of carbonyl (C=O) groups is 1. The summed E-state index contributed by atoms with van der Waals surface area (Å²) in [7, 11) is 1.59. The molecule has 0 aliphatic carbocycles. The van der Waals surface area contributed by atoms with Crippen molar-refractivity contribution in [3.05, 3.63) is 29.8 Å². The van der Waals surface area contributed by atoms with E-state index in [1.165, 1.54) is 0 Å². The zero-order valence-electron chi connectivity index (χ0n) is 8.99. The fourth-order valence-corrected chi connectivity index (χ4v) is 1.29. The number of nitrogens with two attached hydrogens (primary N) is 2. The quantitative estimate of drug-likeness (QED) is 0.753. The Hall–Kier alpha value is -1.55. The summed E-state index contributed by atoms with van der Waals surface area (Å²) < 4.78 is 5.07. The lowest BCUT2D eigenvalue weighted by Gasteiger charge is -2.20. The third kappa shape index (κ3) is 2.95. The van der Waals surface area contributed by atoms with Crippen LogP contribution in [0.2, 0.25) is 0 Å². The van der Waals surface area contributed by atoms with Crippen molar-refractivity contribution in [2.45, 2.75) is 18.9 Å². The average Bonchev–Trinajstić information content (AvgIpc) is 2.17. The Morgan fingerprint density at radius 3 is 2.73 bits per heavy atom. The van der Waals surface area contributed by atoms with Crippen LogP contribution in [-0.2, 0) is 11.2 Å². The Balaban J connectivity index is 2.85. The predicted octanol–water partition coefficient (Wildman–Crippen LogP) is 0.440. The minimum atomic E-state index is -1.02. The molecule has 0 saturated heterocycles. The summed E-state index contributed by atoms with van der Waals surface area (Å²) in [5.74, 6) is 0.234. The molecule has 0 aromatic heterocycles. The van der Waals surface area contributed by atoms with Gasteiger partial charge in [-0.3, -0.25) is 4.79 Å². The number of methoxy groups -OCH3 is 1. The van der Waals surface area contributed by atoms with E-state index < -0.39 is 11.4 Å². The highest BCUT2D eigenvalue weighted by Gasteiger charge is 2.25. The number of carbonyl (C=O) groups excluding carboxylic acids is 1. The first-order valence-electron chi connectivity index (χ1n) is 4.67. The molecule has 82 valence electrons. The minimum Gasteiger partial charge on any atom is -0.497 e. The van der Waals surface area contributed by atoms with Crippen LogP contribution in [0.25, 0.3) is 0 Å². The summed E-state index contributed by atoms with van der Waals surface area (Å²) in [5, 5.41) is 0. The van der Waals surface area contributed by atoms with E-state index in [0.29, 0.717) is 6.42 Å². The molecular formula is C11H16N2O2. The van der Waals surface area contributed by atoms with Crippen molar-refractivity contribution in [2.24, 2.45) is 11.5 Å².